The van der Waals surface area contributed by atoms with Gasteiger partial charge in [-0.1, -0.05) is 6.07 Å². The fraction of sp³-hybridized carbons (Fsp3) is 0.429. The second-order valence-electron chi connectivity index (χ2n) is 8.44. The van der Waals surface area contributed by atoms with E-state index < -0.39 is 23.3 Å². The molecule has 0 saturated carbocycles. The quantitative estimate of drug-likeness (QED) is 0.631. The summed E-state index contributed by atoms with van der Waals surface area (Å²) in [6.45, 7) is 3.65. The summed E-state index contributed by atoms with van der Waals surface area (Å²) in [6, 6.07) is 3.62. The molecular weight excluding hydrogens is 453 g/mol. The number of nitrogens with one attached hydrogen (secondary N) is 1. The maximum Gasteiger partial charge on any atom is 0.453 e. The Labute approximate surface area is 192 Å². The summed E-state index contributed by atoms with van der Waals surface area (Å²) in [4.78, 5) is 30.5. The number of piperazine rings is 1. The van der Waals surface area contributed by atoms with Gasteiger partial charge in [-0.15, -0.1) is 5.10 Å². The molecule has 3 heterocycles. The highest BCUT2D eigenvalue weighted by molar-refractivity contribution is 5.95. The number of hydrogen-bond acceptors (Lipinski definition) is 7. The number of primary amides is 1. The first kappa shape index (κ1) is 23.5. The monoisotopic (exact) mass is 476 g/mol. The van der Waals surface area contributed by atoms with Crippen molar-refractivity contribution in [3.05, 3.63) is 53.1 Å². The van der Waals surface area contributed by atoms with Crippen molar-refractivity contribution in [2.75, 3.05) is 26.2 Å². The lowest BCUT2D eigenvalue weighted by Gasteiger charge is -2.37. The summed E-state index contributed by atoms with van der Waals surface area (Å²) in [7, 11) is 0. The molecule has 0 radical (unpaired) electrons. The van der Waals surface area contributed by atoms with Gasteiger partial charge in [0.05, 0.1) is 17.9 Å². The van der Waals surface area contributed by atoms with Crippen LogP contribution in [0.4, 0.5) is 13.2 Å². The Bertz CT molecular complexity index is 1160. The van der Waals surface area contributed by atoms with Crippen molar-refractivity contribution >= 4 is 17.5 Å². The smallest absolute Gasteiger partial charge is 0.366 e. The third-order valence-corrected chi connectivity index (χ3v) is 5.95. The van der Waals surface area contributed by atoms with E-state index in [-0.39, 0.29) is 30.1 Å². The Morgan fingerprint density at radius 3 is 2.76 bits per heavy atom. The Balaban J connectivity index is 1.81. The fourth-order valence-electron chi connectivity index (χ4n) is 4.22. The van der Waals surface area contributed by atoms with Crippen molar-refractivity contribution < 1.29 is 22.8 Å². The van der Waals surface area contributed by atoms with E-state index in [1.165, 1.54) is 6.08 Å². The SMILES string of the molecule is Cc1ccc(C2(CCN3CCNC(=O)C3)C=C(n3nnnc3C(F)(F)F)C=C(C(N)=O)C2)nc1. The molecule has 1 fully saturated rings. The predicted molar refractivity (Wildman–Crippen MR) is 114 cm³/mol. The number of pyridine rings is 1. The first-order valence-corrected chi connectivity index (χ1v) is 10.6. The third-order valence-electron chi connectivity index (χ3n) is 5.95. The maximum atomic E-state index is 13.5. The molecule has 1 unspecified atom stereocenters. The van der Waals surface area contributed by atoms with Crippen LogP contribution in [0.2, 0.25) is 0 Å². The molecule has 34 heavy (non-hydrogen) atoms. The molecule has 1 atom stereocenters. The van der Waals surface area contributed by atoms with Gasteiger partial charge in [-0.3, -0.25) is 19.5 Å². The average Bonchev–Trinajstić information content (AvgIpc) is 3.29. The number of carbonyl (C=O) groups is 2. The van der Waals surface area contributed by atoms with Gasteiger partial charge < -0.3 is 11.1 Å². The highest BCUT2D eigenvalue weighted by Gasteiger charge is 2.42. The molecule has 0 aromatic carbocycles. The topological polar surface area (TPSA) is 132 Å². The number of halogens is 3. The highest BCUT2D eigenvalue weighted by atomic mass is 19.4. The molecule has 1 saturated heterocycles. The largest absolute Gasteiger partial charge is 0.453 e. The van der Waals surface area contributed by atoms with Crippen LogP contribution in [-0.4, -0.2) is 68.1 Å². The molecule has 2 aliphatic rings. The summed E-state index contributed by atoms with van der Waals surface area (Å²) in [5.41, 5.74) is 6.16. The minimum Gasteiger partial charge on any atom is -0.366 e. The number of hydrogen-bond donors (Lipinski definition) is 2. The van der Waals surface area contributed by atoms with E-state index in [0.29, 0.717) is 36.4 Å². The van der Waals surface area contributed by atoms with Gasteiger partial charge in [0.25, 0.3) is 5.82 Å². The maximum absolute atomic E-state index is 13.5. The molecule has 13 heteroatoms. The fourth-order valence-corrected chi connectivity index (χ4v) is 4.22. The normalized spacial score (nSPS) is 21.6. The Morgan fingerprint density at radius 1 is 1.32 bits per heavy atom. The van der Waals surface area contributed by atoms with E-state index in [0.717, 1.165) is 5.56 Å². The number of alkyl halides is 3. The van der Waals surface area contributed by atoms with E-state index in [4.69, 9.17) is 5.73 Å². The van der Waals surface area contributed by atoms with Crippen molar-refractivity contribution in [2.45, 2.75) is 31.4 Å². The number of amides is 2. The van der Waals surface area contributed by atoms with Gasteiger partial charge in [0.15, 0.2) is 0 Å². The number of carbonyl (C=O) groups excluding carboxylic acids is 2. The van der Waals surface area contributed by atoms with E-state index in [9.17, 15) is 22.8 Å². The number of nitrogens with two attached hydrogens (primary N) is 1. The van der Waals surface area contributed by atoms with Crippen molar-refractivity contribution in [1.29, 1.82) is 0 Å². The molecular formula is C21H23F3N8O2. The second-order valence-corrected chi connectivity index (χ2v) is 8.44. The van der Waals surface area contributed by atoms with Gasteiger partial charge in [-0.25, -0.2) is 0 Å². The van der Waals surface area contributed by atoms with Crippen LogP contribution >= 0.6 is 0 Å². The van der Waals surface area contributed by atoms with E-state index in [2.05, 4.69) is 25.8 Å². The zero-order valence-corrected chi connectivity index (χ0v) is 18.3. The lowest BCUT2D eigenvalue weighted by molar-refractivity contribution is -0.146. The molecule has 10 nitrogen and oxygen atoms in total. The molecule has 3 N–H and O–H groups in total. The van der Waals surface area contributed by atoms with Crippen LogP contribution in [0.1, 0.15) is 29.9 Å². The number of aromatic nitrogens is 5. The van der Waals surface area contributed by atoms with Crippen LogP contribution in [0.15, 0.2) is 36.1 Å². The molecule has 2 aromatic rings. The third kappa shape index (κ3) is 4.83. The van der Waals surface area contributed by atoms with Crippen LogP contribution in [0.3, 0.4) is 0 Å². The number of nitrogens with zero attached hydrogens (tertiary/aromatic N) is 6. The molecule has 0 bridgehead atoms. The zero-order valence-electron chi connectivity index (χ0n) is 18.3. The predicted octanol–water partition coefficient (Wildman–Crippen LogP) is 0.812. The number of aryl methyl sites for hydroxylation is 1. The van der Waals surface area contributed by atoms with Gasteiger partial charge in [0, 0.05) is 30.3 Å². The molecule has 2 aromatic heterocycles. The van der Waals surface area contributed by atoms with Crippen LogP contribution in [0, 0.1) is 6.92 Å². The molecule has 180 valence electrons. The number of tetrazole rings is 1. The summed E-state index contributed by atoms with van der Waals surface area (Å²) in [6.07, 6.45) is 0.217. The summed E-state index contributed by atoms with van der Waals surface area (Å²) in [5.74, 6) is -2.19. The van der Waals surface area contributed by atoms with Crippen molar-refractivity contribution in [3.63, 3.8) is 0 Å². The first-order valence-electron chi connectivity index (χ1n) is 10.6. The summed E-state index contributed by atoms with van der Waals surface area (Å²) >= 11 is 0. The first-order chi connectivity index (χ1) is 16.1. The van der Waals surface area contributed by atoms with E-state index >= 15 is 0 Å². The molecule has 0 spiro atoms. The zero-order chi connectivity index (χ0) is 24.5. The minimum absolute atomic E-state index is 0.0314. The van der Waals surface area contributed by atoms with E-state index in [1.54, 1.807) is 18.3 Å². The van der Waals surface area contributed by atoms with Gasteiger partial charge in [-0.05, 0) is 60.5 Å². The van der Waals surface area contributed by atoms with Gasteiger partial charge in [-0.2, -0.15) is 17.9 Å². The van der Waals surface area contributed by atoms with Gasteiger partial charge in [0.2, 0.25) is 11.8 Å². The van der Waals surface area contributed by atoms with Crippen molar-refractivity contribution in [1.82, 2.24) is 35.4 Å². The standard InChI is InChI=1S/C21H23F3N8O2/c1-13-2-3-16(27-11-13)20(4-6-31-7-5-26-17(33)12-31)9-14(18(25)34)8-15(10-20)32-19(21(22,23)24)28-29-30-32/h2-3,8,10-11H,4-7,9,12H2,1H3,(H2,25,34)(H,26,33). The Morgan fingerprint density at radius 2 is 2.12 bits per heavy atom. The Hall–Kier alpha value is -3.61. The average molecular weight is 476 g/mol. The van der Waals surface area contributed by atoms with Gasteiger partial charge >= 0.3 is 6.18 Å². The minimum atomic E-state index is -4.81. The molecule has 4 rings (SSSR count). The van der Waals surface area contributed by atoms with Crippen molar-refractivity contribution in [2.24, 2.45) is 5.73 Å². The van der Waals surface area contributed by atoms with Crippen LogP contribution in [0.5, 0.6) is 0 Å². The summed E-state index contributed by atoms with van der Waals surface area (Å²) in [5, 5.41) is 12.6. The second kappa shape index (κ2) is 8.97. The number of rotatable bonds is 6. The highest BCUT2D eigenvalue weighted by Crippen LogP contribution is 2.42. The van der Waals surface area contributed by atoms with E-state index in [1.807, 2.05) is 17.9 Å². The van der Waals surface area contributed by atoms with Gasteiger partial charge in [0.1, 0.15) is 0 Å². The Kier molecular flexibility index (Phi) is 6.21. The lowest BCUT2D eigenvalue weighted by atomic mass is 9.71. The lowest BCUT2D eigenvalue weighted by Crippen LogP contribution is -2.49. The van der Waals surface area contributed by atoms with Crippen LogP contribution in [0.25, 0.3) is 5.70 Å². The summed E-state index contributed by atoms with van der Waals surface area (Å²) < 4.78 is 41.1. The molecule has 2 amide bonds. The van der Waals surface area contributed by atoms with Crippen molar-refractivity contribution in [3.8, 4) is 0 Å². The molecule has 1 aliphatic carbocycles. The molecule has 1 aliphatic heterocycles. The van der Waals surface area contributed by atoms with Crippen LogP contribution in [-0.2, 0) is 21.2 Å². The van der Waals surface area contributed by atoms with Crippen LogP contribution < -0.4 is 11.1 Å². The number of allylic oxidation sites excluding steroid dienone is 3.